The number of hydrogen-bond donors (Lipinski definition) is 10. The largest absolute Gasteiger partial charge is 0.470 e. The molecule has 0 aromatic carbocycles. The number of rotatable bonds is 14. The van der Waals surface area contributed by atoms with Crippen LogP contribution >= 0.6 is 23.5 Å². The SMILES string of the molecule is NCCCO[C@@H]1O[C@H](CO)[C@@H](O[C@H]2O[C@H](CO)[C@@H](OP(=O)(O)O)[C@H](OP(=O)(O)O)[C@H]2O)[C@H]1OP(=O)(O)O. The summed E-state index contributed by atoms with van der Waals surface area (Å²) in [4.78, 5) is 55.4. The van der Waals surface area contributed by atoms with Gasteiger partial charge in [0.2, 0.25) is 0 Å². The Hall–Kier alpha value is 0.01000. The zero-order valence-electron chi connectivity index (χ0n) is 18.8. The van der Waals surface area contributed by atoms with Crippen molar-refractivity contribution in [2.45, 2.75) is 61.7 Å². The molecule has 2 aliphatic rings. The molecule has 0 aliphatic carbocycles. The third-order valence-electron chi connectivity index (χ3n) is 4.94. The molecular weight excluding hydrogens is 579 g/mol. The predicted molar refractivity (Wildman–Crippen MR) is 113 cm³/mol. The van der Waals surface area contributed by atoms with Gasteiger partial charge in [-0.1, -0.05) is 0 Å². The minimum absolute atomic E-state index is 0.0677. The fourth-order valence-corrected chi connectivity index (χ4v) is 5.23. The van der Waals surface area contributed by atoms with E-state index in [1.54, 1.807) is 0 Å². The van der Waals surface area contributed by atoms with Gasteiger partial charge in [-0.25, -0.2) is 13.7 Å². The van der Waals surface area contributed by atoms with E-state index in [2.05, 4.69) is 9.05 Å². The van der Waals surface area contributed by atoms with E-state index < -0.39 is 92.0 Å². The Morgan fingerprint density at radius 3 is 1.65 bits per heavy atom. The van der Waals surface area contributed by atoms with Crippen molar-refractivity contribution in [3.05, 3.63) is 0 Å². The van der Waals surface area contributed by atoms with Gasteiger partial charge in [-0.3, -0.25) is 13.6 Å². The molecule has 2 saturated heterocycles. The molecule has 0 aromatic heterocycles. The molecule has 23 heteroatoms. The molecule has 0 saturated carbocycles. The zero-order valence-corrected chi connectivity index (χ0v) is 21.4. The molecule has 2 heterocycles. The smallest absolute Gasteiger partial charge is 0.394 e. The number of ether oxygens (including phenoxy) is 4. The van der Waals surface area contributed by atoms with Gasteiger partial charge in [0.05, 0.1) is 19.8 Å². The maximum atomic E-state index is 11.6. The van der Waals surface area contributed by atoms with Gasteiger partial charge in [0.1, 0.15) is 42.7 Å². The summed E-state index contributed by atoms with van der Waals surface area (Å²) >= 11 is 0. The van der Waals surface area contributed by atoms with E-state index in [9.17, 15) is 48.6 Å². The van der Waals surface area contributed by atoms with Crippen LogP contribution in [0.4, 0.5) is 0 Å². The first-order valence-electron chi connectivity index (χ1n) is 10.4. The summed E-state index contributed by atoms with van der Waals surface area (Å²) in [7, 11) is -16.1. The number of nitrogens with two attached hydrogens (primary N) is 1. The summed E-state index contributed by atoms with van der Waals surface area (Å²) in [5, 5.41) is 30.0. The summed E-state index contributed by atoms with van der Waals surface area (Å²) in [6.07, 6.45) is -16.8. The lowest BCUT2D eigenvalue weighted by Crippen LogP contribution is -2.61. The van der Waals surface area contributed by atoms with Crippen LogP contribution in [0.1, 0.15) is 6.42 Å². The Balaban J connectivity index is 2.37. The third-order valence-corrected chi connectivity index (χ3v) is 6.49. The van der Waals surface area contributed by atoms with E-state index in [4.69, 9.17) is 39.0 Å². The van der Waals surface area contributed by atoms with Gasteiger partial charge in [-0.15, -0.1) is 0 Å². The minimum atomic E-state index is -5.47. The predicted octanol–water partition coefficient (Wildman–Crippen LogP) is -4.03. The van der Waals surface area contributed by atoms with Crippen molar-refractivity contribution in [2.75, 3.05) is 26.4 Å². The van der Waals surface area contributed by atoms with Crippen molar-refractivity contribution >= 4 is 23.5 Å². The van der Waals surface area contributed by atoms with Crippen LogP contribution in [0.25, 0.3) is 0 Å². The summed E-state index contributed by atoms with van der Waals surface area (Å²) < 4.78 is 69.4. The Morgan fingerprint density at radius 2 is 1.16 bits per heavy atom. The Bertz CT molecular complexity index is 861. The average molecular weight is 609 g/mol. The number of aliphatic hydroxyl groups is 3. The summed E-state index contributed by atoms with van der Waals surface area (Å²) in [6.45, 7) is -1.83. The van der Waals surface area contributed by atoms with Crippen LogP contribution in [0, 0.1) is 0 Å². The first-order valence-corrected chi connectivity index (χ1v) is 15.0. The van der Waals surface area contributed by atoms with Gasteiger partial charge < -0.3 is 69.4 Å². The maximum absolute atomic E-state index is 11.6. The van der Waals surface area contributed by atoms with Crippen molar-refractivity contribution in [2.24, 2.45) is 5.73 Å². The molecular formula is C14H30NO19P3. The standard InChI is InChI=1S/C14H30NO19P3/c15-2-1-3-28-14-12(34-37(25,26)27)9(6(4-16)30-14)31-13-8(18)11(33-36(22,23)24)10(7(5-17)29-13)32-35(19,20)21/h6-14,16-18H,1-5,15H2,(H2,19,20,21)(H2,22,23,24)(H2,25,26,27)/t6-,7-,8-,9-,10-,11-,12-,13-,14-/m1/s1. The van der Waals surface area contributed by atoms with Crippen LogP contribution in [0.5, 0.6) is 0 Å². The molecule has 0 aromatic rings. The van der Waals surface area contributed by atoms with Gasteiger partial charge in [-0.05, 0) is 13.0 Å². The number of phosphoric acid groups is 3. The van der Waals surface area contributed by atoms with Gasteiger partial charge in [0, 0.05) is 0 Å². The van der Waals surface area contributed by atoms with E-state index in [0.717, 1.165) is 0 Å². The molecule has 0 amide bonds. The molecule has 9 atom stereocenters. The lowest BCUT2D eigenvalue weighted by Gasteiger charge is -2.44. The minimum Gasteiger partial charge on any atom is -0.394 e. The van der Waals surface area contributed by atoms with Gasteiger partial charge >= 0.3 is 23.5 Å². The van der Waals surface area contributed by atoms with Crippen molar-refractivity contribution in [1.82, 2.24) is 0 Å². The highest BCUT2D eigenvalue weighted by Crippen LogP contribution is 2.48. The molecule has 220 valence electrons. The molecule has 0 unspecified atom stereocenters. The molecule has 2 aliphatic heterocycles. The maximum Gasteiger partial charge on any atom is 0.470 e. The number of aliphatic hydroxyl groups excluding tert-OH is 3. The van der Waals surface area contributed by atoms with Gasteiger partial charge in [-0.2, -0.15) is 0 Å². The lowest BCUT2D eigenvalue weighted by atomic mass is 9.99. The van der Waals surface area contributed by atoms with Crippen molar-refractivity contribution < 1.29 is 90.9 Å². The lowest BCUT2D eigenvalue weighted by molar-refractivity contribution is -0.313. The zero-order chi connectivity index (χ0) is 28.2. The van der Waals surface area contributed by atoms with Crippen molar-refractivity contribution in [1.29, 1.82) is 0 Å². The molecule has 2 rings (SSSR count). The fraction of sp³-hybridized carbons (Fsp3) is 1.00. The van der Waals surface area contributed by atoms with Gasteiger partial charge in [0.25, 0.3) is 0 Å². The van der Waals surface area contributed by atoms with E-state index >= 15 is 0 Å². The first kappa shape index (κ1) is 33.2. The molecule has 20 nitrogen and oxygen atoms in total. The molecule has 0 spiro atoms. The van der Waals surface area contributed by atoms with Crippen LogP contribution in [-0.4, -0.2) is 126 Å². The highest BCUT2D eigenvalue weighted by molar-refractivity contribution is 7.46. The second kappa shape index (κ2) is 13.6. The monoisotopic (exact) mass is 609 g/mol. The summed E-state index contributed by atoms with van der Waals surface area (Å²) in [6, 6.07) is 0. The number of phosphoric ester groups is 3. The van der Waals surface area contributed by atoms with E-state index in [1.165, 1.54) is 0 Å². The summed E-state index contributed by atoms with van der Waals surface area (Å²) in [5.41, 5.74) is 5.37. The molecule has 37 heavy (non-hydrogen) atoms. The molecule has 2 fully saturated rings. The highest BCUT2D eigenvalue weighted by atomic mass is 31.2. The number of hydrogen-bond acceptors (Lipinski definition) is 14. The van der Waals surface area contributed by atoms with Crippen LogP contribution in [-0.2, 0) is 46.2 Å². The Kier molecular flexibility index (Phi) is 12.2. The Labute approximate surface area is 208 Å². The summed E-state index contributed by atoms with van der Waals surface area (Å²) in [5.74, 6) is 0. The topological polar surface area (TPSA) is 324 Å². The van der Waals surface area contributed by atoms with Crippen molar-refractivity contribution in [3.63, 3.8) is 0 Å². The fourth-order valence-electron chi connectivity index (χ4n) is 3.56. The van der Waals surface area contributed by atoms with Gasteiger partial charge in [0.15, 0.2) is 12.6 Å². The van der Waals surface area contributed by atoms with E-state index in [0.29, 0.717) is 6.42 Å². The normalized spacial score (nSPS) is 35.7. The average Bonchev–Trinajstić information content (AvgIpc) is 3.06. The van der Waals surface area contributed by atoms with Crippen molar-refractivity contribution in [3.8, 4) is 0 Å². The van der Waals surface area contributed by atoms with Crippen LogP contribution in [0.3, 0.4) is 0 Å². The highest BCUT2D eigenvalue weighted by Gasteiger charge is 2.56. The van der Waals surface area contributed by atoms with Crippen LogP contribution in [0.15, 0.2) is 0 Å². The second-order valence-corrected chi connectivity index (χ2v) is 11.3. The second-order valence-electron chi connectivity index (χ2n) is 7.74. The third kappa shape index (κ3) is 10.2. The first-order chi connectivity index (χ1) is 17.0. The Morgan fingerprint density at radius 1 is 0.703 bits per heavy atom. The van der Waals surface area contributed by atoms with Crippen LogP contribution in [0.2, 0.25) is 0 Å². The van der Waals surface area contributed by atoms with Crippen LogP contribution < -0.4 is 5.73 Å². The quantitative estimate of drug-likeness (QED) is 0.0662. The van der Waals surface area contributed by atoms with E-state index in [1.807, 2.05) is 0 Å². The molecule has 0 bridgehead atoms. The molecule has 11 N–H and O–H groups in total. The molecule has 0 radical (unpaired) electrons. The van der Waals surface area contributed by atoms with E-state index in [-0.39, 0.29) is 13.2 Å².